The summed E-state index contributed by atoms with van der Waals surface area (Å²) >= 11 is 0. The van der Waals surface area contributed by atoms with E-state index in [1.807, 2.05) is 11.8 Å². The van der Waals surface area contributed by atoms with Crippen LogP contribution in [0.1, 0.15) is 43.5 Å². The van der Waals surface area contributed by atoms with Gasteiger partial charge < -0.3 is 10.2 Å². The molecule has 1 aromatic carbocycles. The third-order valence-electron chi connectivity index (χ3n) is 4.70. The molecule has 0 spiro atoms. The van der Waals surface area contributed by atoms with Gasteiger partial charge >= 0.3 is 0 Å². The van der Waals surface area contributed by atoms with Gasteiger partial charge in [-0.3, -0.25) is 14.8 Å². The van der Waals surface area contributed by atoms with Crippen LogP contribution in [0.5, 0.6) is 0 Å². The van der Waals surface area contributed by atoms with Gasteiger partial charge in [-0.1, -0.05) is 13.0 Å². The van der Waals surface area contributed by atoms with Crippen LogP contribution in [0.3, 0.4) is 0 Å². The molecule has 0 radical (unpaired) electrons. The maximum atomic E-state index is 14.4. The van der Waals surface area contributed by atoms with E-state index >= 15 is 0 Å². The zero-order valence-electron chi connectivity index (χ0n) is 14.7. The van der Waals surface area contributed by atoms with Gasteiger partial charge in [0, 0.05) is 49.6 Å². The quantitative estimate of drug-likeness (QED) is 0.891. The van der Waals surface area contributed by atoms with Gasteiger partial charge in [-0.2, -0.15) is 0 Å². The number of halogens is 2. The fourth-order valence-electron chi connectivity index (χ4n) is 3.28. The molecule has 0 aliphatic carbocycles. The molecule has 2 aromatic rings. The van der Waals surface area contributed by atoms with Crippen molar-refractivity contribution in [2.24, 2.45) is 0 Å². The zero-order valence-corrected chi connectivity index (χ0v) is 14.7. The van der Waals surface area contributed by atoms with Crippen molar-refractivity contribution in [2.45, 2.75) is 38.3 Å². The first-order valence-corrected chi connectivity index (χ1v) is 8.83. The second kappa shape index (κ2) is 8.31. The van der Waals surface area contributed by atoms with Crippen molar-refractivity contribution < 1.29 is 13.6 Å². The monoisotopic (exact) mass is 360 g/mol. The van der Waals surface area contributed by atoms with Crippen LogP contribution in [0, 0.1) is 11.6 Å². The molecule has 7 heteroatoms. The second-order valence-corrected chi connectivity index (χ2v) is 6.40. The molecule has 0 saturated carbocycles. The van der Waals surface area contributed by atoms with Crippen LogP contribution in [0.4, 0.5) is 8.78 Å². The summed E-state index contributed by atoms with van der Waals surface area (Å²) < 4.78 is 27.7. The minimum atomic E-state index is -0.619. The van der Waals surface area contributed by atoms with E-state index in [0.717, 1.165) is 18.9 Å². The van der Waals surface area contributed by atoms with Gasteiger partial charge in [-0.25, -0.2) is 8.78 Å². The fraction of sp³-hybridized carbons (Fsp3) is 0.421. The van der Waals surface area contributed by atoms with Crippen molar-refractivity contribution in [3.05, 3.63) is 59.7 Å². The fourth-order valence-corrected chi connectivity index (χ4v) is 3.28. The molecule has 138 valence electrons. The minimum Gasteiger partial charge on any atom is -0.343 e. The van der Waals surface area contributed by atoms with Crippen LogP contribution in [-0.2, 0) is 4.79 Å². The molecule has 2 heterocycles. The lowest BCUT2D eigenvalue weighted by atomic mass is 9.98. The molecule has 1 atom stereocenters. The van der Waals surface area contributed by atoms with Gasteiger partial charge in [0.25, 0.3) is 0 Å². The zero-order chi connectivity index (χ0) is 18.5. The lowest BCUT2D eigenvalue weighted by Crippen LogP contribution is -2.46. The van der Waals surface area contributed by atoms with Gasteiger partial charge in [0.05, 0.1) is 17.9 Å². The first-order chi connectivity index (χ1) is 12.6. The molecule has 1 saturated heterocycles. The van der Waals surface area contributed by atoms with Crippen molar-refractivity contribution in [1.29, 1.82) is 0 Å². The Morgan fingerprint density at radius 3 is 2.69 bits per heavy atom. The number of hydrogen-bond donors (Lipinski definition) is 1. The average molecular weight is 360 g/mol. The van der Waals surface area contributed by atoms with Crippen LogP contribution >= 0.6 is 0 Å². The number of nitrogens with one attached hydrogen (secondary N) is 1. The van der Waals surface area contributed by atoms with Crippen molar-refractivity contribution >= 4 is 5.91 Å². The smallest absolute Gasteiger partial charge is 0.222 e. The Hall–Kier alpha value is -2.41. The number of likely N-dealkylation sites (tertiary alicyclic amines) is 1. The molecule has 26 heavy (non-hydrogen) atoms. The highest BCUT2D eigenvalue weighted by molar-refractivity contribution is 5.75. The van der Waals surface area contributed by atoms with Crippen molar-refractivity contribution in [3.8, 4) is 0 Å². The molecule has 1 amide bonds. The van der Waals surface area contributed by atoms with E-state index in [9.17, 15) is 13.6 Å². The number of aromatic nitrogens is 2. The summed E-state index contributed by atoms with van der Waals surface area (Å²) in [5.41, 5.74) is 0.907. The summed E-state index contributed by atoms with van der Waals surface area (Å²) in [5.74, 6) is -1.08. The average Bonchev–Trinajstić information content (AvgIpc) is 2.67. The molecular formula is C19H22F2N4O. The predicted octanol–water partition coefficient (Wildman–Crippen LogP) is 2.83. The SMILES string of the molecule is CCC(=O)N1CCC(NC(c2cnccn2)c2ccc(F)cc2F)CC1. The number of nitrogens with zero attached hydrogens (tertiary/aromatic N) is 3. The van der Waals surface area contributed by atoms with E-state index < -0.39 is 17.7 Å². The van der Waals surface area contributed by atoms with Crippen LogP contribution in [-0.4, -0.2) is 39.9 Å². The Kier molecular flexibility index (Phi) is 5.88. The molecule has 1 aromatic heterocycles. The van der Waals surface area contributed by atoms with Crippen LogP contribution in [0.2, 0.25) is 0 Å². The number of amides is 1. The van der Waals surface area contributed by atoms with Gasteiger partial charge in [-0.05, 0) is 18.9 Å². The highest BCUT2D eigenvalue weighted by Crippen LogP contribution is 2.25. The van der Waals surface area contributed by atoms with Crippen molar-refractivity contribution in [3.63, 3.8) is 0 Å². The summed E-state index contributed by atoms with van der Waals surface area (Å²) in [6.45, 7) is 3.20. The number of rotatable bonds is 5. The molecule has 3 rings (SSSR count). The topological polar surface area (TPSA) is 58.1 Å². The summed E-state index contributed by atoms with van der Waals surface area (Å²) in [6.07, 6.45) is 6.72. The van der Waals surface area contributed by atoms with Gasteiger partial charge in [0.15, 0.2) is 0 Å². The molecular weight excluding hydrogens is 338 g/mol. The number of carbonyl (C=O) groups is 1. The number of hydrogen-bond acceptors (Lipinski definition) is 4. The van der Waals surface area contributed by atoms with Gasteiger partial charge in [0.2, 0.25) is 5.91 Å². The van der Waals surface area contributed by atoms with E-state index in [1.165, 1.54) is 12.1 Å². The molecule has 1 fully saturated rings. The first-order valence-electron chi connectivity index (χ1n) is 8.83. The lowest BCUT2D eigenvalue weighted by molar-refractivity contribution is -0.131. The lowest BCUT2D eigenvalue weighted by Gasteiger charge is -2.34. The third-order valence-corrected chi connectivity index (χ3v) is 4.70. The van der Waals surface area contributed by atoms with E-state index in [0.29, 0.717) is 30.8 Å². The normalized spacial score (nSPS) is 16.5. The Morgan fingerprint density at radius 2 is 2.08 bits per heavy atom. The summed E-state index contributed by atoms with van der Waals surface area (Å²) in [6, 6.07) is 3.14. The minimum absolute atomic E-state index is 0.104. The second-order valence-electron chi connectivity index (χ2n) is 6.40. The summed E-state index contributed by atoms with van der Waals surface area (Å²) in [4.78, 5) is 22.0. The first kappa shape index (κ1) is 18.4. The van der Waals surface area contributed by atoms with Crippen molar-refractivity contribution in [2.75, 3.05) is 13.1 Å². The molecule has 1 unspecified atom stereocenters. The molecule has 1 aliphatic heterocycles. The molecule has 1 aliphatic rings. The maximum absolute atomic E-state index is 14.4. The van der Waals surface area contributed by atoms with E-state index in [1.54, 1.807) is 18.6 Å². The van der Waals surface area contributed by atoms with Crippen LogP contribution in [0.15, 0.2) is 36.8 Å². The van der Waals surface area contributed by atoms with E-state index in [4.69, 9.17) is 0 Å². The predicted molar refractivity (Wildman–Crippen MR) is 93.3 cm³/mol. The Balaban J connectivity index is 1.78. The van der Waals surface area contributed by atoms with Crippen LogP contribution < -0.4 is 5.32 Å². The molecule has 5 nitrogen and oxygen atoms in total. The van der Waals surface area contributed by atoms with E-state index in [2.05, 4.69) is 15.3 Å². The summed E-state index contributed by atoms with van der Waals surface area (Å²) in [5, 5.41) is 3.42. The standard InChI is InChI=1S/C19H22F2N4O/c1-2-18(26)25-9-5-14(6-10-25)24-19(17-12-22-7-8-23-17)15-4-3-13(20)11-16(15)21/h3-4,7-8,11-12,14,19,24H,2,5-6,9-10H2,1H3. The number of piperidine rings is 1. The summed E-state index contributed by atoms with van der Waals surface area (Å²) in [7, 11) is 0. The number of carbonyl (C=O) groups excluding carboxylic acids is 1. The Labute approximate surface area is 151 Å². The molecule has 0 bridgehead atoms. The Bertz CT molecular complexity index is 748. The van der Waals surface area contributed by atoms with E-state index in [-0.39, 0.29) is 11.9 Å². The third kappa shape index (κ3) is 4.22. The van der Waals surface area contributed by atoms with Gasteiger partial charge in [0.1, 0.15) is 11.6 Å². The maximum Gasteiger partial charge on any atom is 0.222 e. The highest BCUT2D eigenvalue weighted by atomic mass is 19.1. The van der Waals surface area contributed by atoms with Crippen LogP contribution in [0.25, 0.3) is 0 Å². The van der Waals surface area contributed by atoms with Crippen molar-refractivity contribution in [1.82, 2.24) is 20.2 Å². The highest BCUT2D eigenvalue weighted by Gasteiger charge is 2.27. The Morgan fingerprint density at radius 1 is 1.31 bits per heavy atom. The largest absolute Gasteiger partial charge is 0.343 e. The number of benzene rings is 1. The van der Waals surface area contributed by atoms with Gasteiger partial charge in [-0.15, -0.1) is 0 Å². The molecule has 1 N–H and O–H groups in total.